The third-order valence-corrected chi connectivity index (χ3v) is 5.36. The average Bonchev–Trinajstić information content (AvgIpc) is 2.95. The minimum absolute atomic E-state index is 0.0649. The Labute approximate surface area is 130 Å². The van der Waals surface area contributed by atoms with Gasteiger partial charge in [-0.2, -0.15) is 0 Å². The Bertz CT molecular complexity index is 711. The summed E-state index contributed by atoms with van der Waals surface area (Å²) in [5.41, 5.74) is 1.27. The molecular formula is C19H21NO2. The highest BCUT2D eigenvalue weighted by molar-refractivity contribution is 5.83. The van der Waals surface area contributed by atoms with E-state index in [2.05, 4.69) is 47.8 Å². The monoisotopic (exact) mass is 295 g/mol. The molecule has 114 valence electrons. The summed E-state index contributed by atoms with van der Waals surface area (Å²) in [7, 11) is 1.50. The van der Waals surface area contributed by atoms with Gasteiger partial charge >= 0.3 is 5.97 Å². The first-order valence-electron chi connectivity index (χ1n) is 8.09. The average molecular weight is 295 g/mol. The van der Waals surface area contributed by atoms with Crippen LogP contribution in [0, 0.1) is 5.92 Å². The molecule has 2 fully saturated rings. The molecule has 2 aromatic carbocycles. The molecule has 3 unspecified atom stereocenters. The lowest BCUT2D eigenvalue weighted by molar-refractivity contribution is -0.148. The maximum absolute atomic E-state index is 12.3. The van der Waals surface area contributed by atoms with Crippen LogP contribution in [0.4, 0.5) is 0 Å². The molecule has 0 radical (unpaired) electrons. The molecular weight excluding hydrogens is 274 g/mol. The van der Waals surface area contributed by atoms with Crippen LogP contribution in [-0.2, 0) is 9.53 Å². The minimum atomic E-state index is -0.0731. The van der Waals surface area contributed by atoms with E-state index in [-0.39, 0.29) is 23.8 Å². The highest BCUT2D eigenvalue weighted by Crippen LogP contribution is 2.42. The zero-order valence-corrected chi connectivity index (χ0v) is 12.8. The molecule has 1 N–H and O–H groups in total. The van der Waals surface area contributed by atoms with Crippen LogP contribution in [0.5, 0.6) is 0 Å². The van der Waals surface area contributed by atoms with Crippen molar-refractivity contribution in [3.63, 3.8) is 0 Å². The van der Waals surface area contributed by atoms with Crippen LogP contribution in [-0.4, -0.2) is 25.2 Å². The molecule has 4 rings (SSSR count). The summed E-state index contributed by atoms with van der Waals surface area (Å²) < 4.78 is 5.10. The van der Waals surface area contributed by atoms with E-state index in [0.29, 0.717) is 6.04 Å². The van der Waals surface area contributed by atoms with Gasteiger partial charge in [0.2, 0.25) is 0 Å². The van der Waals surface area contributed by atoms with Crippen molar-refractivity contribution in [3.05, 3.63) is 48.0 Å². The zero-order chi connectivity index (χ0) is 15.1. The first-order chi connectivity index (χ1) is 10.8. The van der Waals surface area contributed by atoms with Crippen molar-refractivity contribution in [1.29, 1.82) is 0 Å². The number of ether oxygens (including phenoxy) is 1. The molecule has 3 nitrogen and oxygen atoms in total. The van der Waals surface area contributed by atoms with Crippen molar-refractivity contribution >= 4 is 16.7 Å². The highest BCUT2D eigenvalue weighted by Gasteiger charge is 2.46. The standard InChI is InChI=1S/C19H21NO2/c1-22-19(21)18-16(11-15-8-9-17(18)20-15)14-7-6-12-4-2-3-5-13(12)10-14/h2-7,10,15-18,20H,8-9,11H2,1H3/t15?,16?,17-,18?/m1/s1. The molecule has 0 spiro atoms. The van der Waals surface area contributed by atoms with Crippen molar-refractivity contribution < 1.29 is 9.53 Å². The number of esters is 1. The lowest BCUT2D eigenvalue weighted by Crippen LogP contribution is -2.48. The third kappa shape index (κ3) is 2.20. The third-order valence-electron chi connectivity index (χ3n) is 5.36. The van der Waals surface area contributed by atoms with Gasteiger partial charge in [0.1, 0.15) is 0 Å². The van der Waals surface area contributed by atoms with Gasteiger partial charge in [-0.1, -0.05) is 42.5 Å². The molecule has 22 heavy (non-hydrogen) atoms. The van der Waals surface area contributed by atoms with E-state index in [4.69, 9.17) is 4.74 Å². The summed E-state index contributed by atoms with van der Waals surface area (Å²) in [5.74, 6) is 0.122. The van der Waals surface area contributed by atoms with Crippen molar-refractivity contribution in [3.8, 4) is 0 Å². The molecule has 2 bridgehead atoms. The summed E-state index contributed by atoms with van der Waals surface area (Å²) in [6.07, 6.45) is 3.27. The van der Waals surface area contributed by atoms with Gasteiger partial charge in [0.25, 0.3) is 0 Å². The number of piperidine rings is 1. The number of nitrogens with one attached hydrogen (secondary N) is 1. The van der Waals surface area contributed by atoms with Crippen LogP contribution in [0.25, 0.3) is 10.8 Å². The molecule has 2 aromatic rings. The maximum atomic E-state index is 12.3. The molecule has 0 aliphatic carbocycles. The van der Waals surface area contributed by atoms with Crippen molar-refractivity contribution in [2.24, 2.45) is 5.92 Å². The Morgan fingerprint density at radius 1 is 1.14 bits per heavy atom. The second-order valence-electron chi connectivity index (χ2n) is 6.55. The molecule has 2 aliphatic rings. The number of hydrogen-bond donors (Lipinski definition) is 1. The topological polar surface area (TPSA) is 38.3 Å². The lowest BCUT2D eigenvalue weighted by atomic mass is 9.76. The van der Waals surface area contributed by atoms with E-state index in [1.165, 1.54) is 29.9 Å². The van der Waals surface area contributed by atoms with Gasteiger partial charge in [-0.15, -0.1) is 0 Å². The van der Waals surface area contributed by atoms with Crippen LogP contribution in [0.1, 0.15) is 30.7 Å². The van der Waals surface area contributed by atoms with Gasteiger partial charge in [0.15, 0.2) is 0 Å². The molecule has 3 heteroatoms. The normalized spacial score (nSPS) is 30.4. The summed E-state index contributed by atoms with van der Waals surface area (Å²) in [5, 5.41) is 6.08. The summed E-state index contributed by atoms with van der Waals surface area (Å²) in [6.45, 7) is 0. The number of hydrogen-bond acceptors (Lipinski definition) is 3. The Morgan fingerprint density at radius 3 is 2.77 bits per heavy atom. The predicted octanol–water partition coefficient (Wildman–Crippen LogP) is 3.24. The molecule has 2 aliphatic heterocycles. The van der Waals surface area contributed by atoms with E-state index in [0.717, 1.165) is 12.8 Å². The van der Waals surface area contributed by atoms with E-state index in [9.17, 15) is 4.79 Å². The smallest absolute Gasteiger partial charge is 0.310 e. The van der Waals surface area contributed by atoms with Gasteiger partial charge in [-0.3, -0.25) is 4.79 Å². The summed E-state index contributed by atoms with van der Waals surface area (Å²) >= 11 is 0. The van der Waals surface area contributed by atoms with Crippen LogP contribution in [0.3, 0.4) is 0 Å². The Morgan fingerprint density at radius 2 is 1.95 bits per heavy atom. The van der Waals surface area contributed by atoms with E-state index in [1.54, 1.807) is 0 Å². The van der Waals surface area contributed by atoms with Gasteiger partial charge < -0.3 is 10.1 Å². The molecule has 2 saturated heterocycles. The fraction of sp³-hybridized carbons (Fsp3) is 0.421. The number of rotatable bonds is 2. The number of methoxy groups -OCH3 is 1. The molecule has 2 heterocycles. The molecule has 0 aromatic heterocycles. The lowest BCUT2D eigenvalue weighted by Gasteiger charge is -2.36. The molecule has 4 atom stereocenters. The fourth-order valence-electron chi connectivity index (χ4n) is 4.30. The van der Waals surface area contributed by atoms with Crippen LogP contribution < -0.4 is 5.32 Å². The summed E-state index contributed by atoms with van der Waals surface area (Å²) in [6, 6.07) is 15.8. The van der Waals surface area contributed by atoms with Gasteiger partial charge in [0, 0.05) is 18.0 Å². The van der Waals surface area contributed by atoms with E-state index in [1.807, 2.05) is 0 Å². The fourth-order valence-corrected chi connectivity index (χ4v) is 4.30. The van der Waals surface area contributed by atoms with Gasteiger partial charge in [-0.05, 0) is 35.6 Å². The largest absolute Gasteiger partial charge is 0.469 e. The van der Waals surface area contributed by atoms with Crippen molar-refractivity contribution in [1.82, 2.24) is 5.32 Å². The van der Waals surface area contributed by atoms with Crippen molar-refractivity contribution in [2.75, 3.05) is 7.11 Å². The summed E-state index contributed by atoms with van der Waals surface area (Å²) in [4.78, 5) is 12.3. The number of fused-ring (bicyclic) bond motifs is 3. The van der Waals surface area contributed by atoms with E-state index >= 15 is 0 Å². The quantitative estimate of drug-likeness (QED) is 0.864. The van der Waals surface area contributed by atoms with Crippen molar-refractivity contribution in [2.45, 2.75) is 37.3 Å². The first-order valence-corrected chi connectivity index (χ1v) is 8.09. The highest BCUT2D eigenvalue weighted by atomic mass is 16.5. The Kier molecular flexibility index (Phi) is 3.38. The number of benzene rings is 2. The minimum Gasteiger partial charge on any atom is -0.469 e. The van der Waals surface area contributed by atoms with Gasteiger partial charge in [0.05, 0.1) is 13.0 Å². The second kappa shape index (κ2) is 5.40. The number of carbonyl (C=O) groups excluding carboxylic acids is 1. The van der Waals surface area contributed by atoms with Crippen LogP contribution >= 0.6 is 0 Å². The van der Waals surface area contributed by atoms with E-state index < -0.39 is 0 Å². The number of carbonyl (C=O) groups is 1. The first kappa shape index (κ1) is 13.8. The van der Waals surface area contributed by atoms with Gasteiger partial charge in [-0.25, -0.2) is 0 Å². The Balaban J connectivity index is 1.75. The molecule has 0 saturated carbocycles. The maximum Gasteiger partial charge on any atom is 0.310 e. The Hall–Kier alpha value is -1.87. The zero-order valence-electron chi connectivity index (χ0n) is 12.8. The van der Waals surface area contributed by atoms with Crippen LogP contribution in [0.2, 0.25) is 0 Å². The SMILES string of the molecule is COC(=O)C1C(c2ccc3ccccc3c2)CC2CC[C@H]1N2. The predicted molar refractivity (Wildman–Crippen MR) is 86.8 cm³/mol. The second-order valence-corrected chi connectivity index (χ2v) is 6.55. The molecule has 0 amide bonds. The van der Waals surface area contributed by atoms with Crippen LogP contribution in [0.15, 0.2) is 42.5 Å².